The number of hydrogen-bond donors (Lipinski definition) is 1. The molecular formula is C27H27FN4O3. The van der Waals surface area contributed by atoms with Gasteiger partial charge in [0.1, 0.15) is 29.0 Å². The Morgan fingerprint density at radius 3 is 2.14 bits per heavy atom. The molecular weight excluding hydrogens is 447 g/mol. The molecule has 0 spiro atoms. The van der Waals surface area contributed by atoms with Crippen LogP contribution in [0.3, 0.4) is 0 Å². The molecule has 0 unspecified atom stereocenters. The van der Waals surface area contributed by atoms with Gasteiger partial charge in [-0.3, -0.25) is 0 Å². The molecule has 2 N–H and O–H groups in total. The molecule has 1 fully saturated rings. The Morgan fingerprint density at radius 2 is 1.60 bits per heavy atom. The zero-order valence-electron chi connectivity index (χ0n) is 19.9. The monoisotopic (exact) mass is 474 g/mol. The number of aromatic nitrogens is 3. The number of benzene rings is 2. The van der Waals surface area contributed by atoms with E-state index >= 15 is 0 Å². The number of halogens is 1. The van der Waals surface area contributed by atoms with Crippen molar-refractivity contribution in [2.75, 3.05) is 0 Å². The SMILES string of the molecule is Cc1nc(-c2ncc(Oc3ccc(C(C)(C)c4ccc(O[C@H]5C[C@H](N)C5)cc4)cc3)cc2F)no1. The molecule has 0 atom stereocenters. The second kappa shape index (κ2) is 9.11. The van der Waals surface area contributed by atoms with Crippen LogP contribution in [0.2, 0.25) is 0 Å². The van der Waals surface area contributed by atoms with Gasteiger partial charge >= 0.3 is 0 Å². The maximum Gasteiger partial charge on any atom is 0.224 e. The first-order chi connectivity index (χ1) is 16.8. The summed E-state index contributed by atoms with van der Waals surface area (Å²) >= 11 is 0. The van der Waals surface area contributed by atoms with Crippen LogP contribution in [0.25, 0.3) is 11.5 Å². The van der Waals surface area contributed by atoms with Gasteiger partial charge in [-0.25, -0.2) is 9.37 Å². The van der Waals surface area contributed by atoms with Crippen molar-refractivity contribution in [3.8, 4) is 28.8 Å². The van der Waals surface area contributed by atoms with Crippen molar-refractivity contribution in [3.05, 3.63) is 83.6 Å². The highest BCUT2D eigenvalue weighted by Gasteiger charge is 2.28. The molecule has 1 saturated carbocycles. The summed E-state index contributed by atoms with van der Waals surface area (Å²) in [5.74, 6) is 1.58. The molecule has 5 rings (SSSR count). The first-order valence-corrected chi connectivity index (χ1v) is 11.6. The largest absolute Gasteiger partial charge is 0.490 e. The summed E-state index contributed by atoms with van der Waals surface area (Å²) in [6.45, 7) is 5.97. The van der Waals surface area contributed by atoms with Gasteiger partial charge in [0.25, 0.3) is 0 Å². The molecule has 0 saturated heterocycles. The molecule has 1 aliphatic carbocycles. The quantitative estimate of drug-likeness (QED) is 0.374. The van der Waals surface area contributed by atoms with Gasteiger partial charge in [0.05, 0.1) is 6.20 Å². The predicted octanol–water partition coefficient (Wildman–Crippen LogP) is 5.57. The van der Waals surface area contributed by atoms with E-state index in [2.05, 4.69) is 41.1 Å². The van der Waals surface area contributed by atoms with Crippen molar-refractivity contribution in [1.29, 1.82) is 0 Å². The van der Waals surface area contributed by atoms with Crippen LogP contribution in [0.15, 0.2) is 65.3 Å². The van der Waals surface area contributed by atoms with Gasteiger partial charge in [-0.15, -0.1) is 0 Å². The minimum absolute atomic E-state index is 0.0129. The fourth-order valence-electron chi connectivity index (χ4n) is 4.12. The summed E-state index contributed by atoms with van der Waals surface area (Å²) in [4.78, 5) is 8.10. The fraction of sp³-hybridized carbons (Fsp3) is 0.296. The van der Waals surface area contributed by atoms with Crippen LogP contribution in [0.5, 0.6) is 17.2 Å². The molecule has 1 aliphatic rings. The number of aryl methyl sites for hydroxylation is 1. The van der Waals surface area contributed by atoms with Gasteiger partial charge in [-0.2, -0.15) is 4.98 Å². The lowest BCUT2D eigenvalue weighted by Crippen LogP contribution is -2.43. The third-order valence-electron chi connectivity index (χ3n) is 6.38. The Hall–Kier alpha value is -3.78. The Morgan fingerprint density at radius 1 is 0.971 bits per heavy atom. The molecule has 35 heavy (non-hydrogen) atoms. The Kier molecular flexibility index (Phi) is 5.98. The number of pyridine rings is 1. The zero-order valence-corrected chi connectivity index (χ0v) is 19.9. The second-order valence-electron chi connectivity index (χ2n) is 9.39. The van der Waals surface area contributed by atoms with Crippen molar-refractivity contribution < 1.29 is 18.4 Å². The fourth-order valence-corrected chi connectivity index (χ4v) is 4.12. The van der Waals surface area contributed by atoms with E-state index in [1.807, 2.05) is 36.4 Å². The third kappa shape index (κ3) is 4.88. The number of rotatable bonds is 7. The van der Waals surface area contributed by atoms with Crippen molar-refractivity contribution in [3.63, 3.8) is 0 Å². The third-order valence-corrected chi connectivity index (χ3v) is 6.38. The van der Waals surface area contributed by atoms with E-state index in [4.69, 9.17) is 19.7 Å². The van der Waals surface area contributed by atoms with Gasteiger partial charge in [-0.05, 0) is 48.2 Å². The Bertz CT molecular complexity index is 1310. The normalized spacial score (nSPS) is 17.6. The maximum atomic E-state index is 14.5. The lowest BCUT2D eigenvalue weighted by molar-refractivity contribution is 0.101. The Balaban J connectivity index is 1.26. The first kappa shape index (κ1) is 23.0. The molecule has 180 valence electrons. The summed E-state index contributed by atoms with van der Waals surface area (Å²) in [7, 11) is 0. The van der Waals surface area contributed by atoms with Gasteiger partial charge in [0, 0.05) is 24.4 Å². The first-order valence-electron chi connectivity index (χ1n) is 11.6. The number of hydrogen-bond acceptors (Lipinski definition) is 7. The molecule has 0 bridgehead atoms. The van der Waals surface area contributed by atoms with Crippen LogP contribution in [0.1, 0.15) is 43.7 Å². The minimum atomic E-state index is -0.589. The van der Waals surface area contributed by atoms with Crippen LogP contribution >= 0.6 is 0 Å². The minimum Gasteiger partial charge on any atom is -0.490 e. The molecule has 2 aromatic heterocycles. The van der Waals surface area contributed by atoms with Gasteiger partial charge in [-0.1, -0.05) is 43.3 Å². The van der Waals surface area contributed by atoms with E-state index in [9.17, 15) is 4.39 Å². The van der Waals surface area contributed by atoms with Crippen LogP contribution in [0.4, 0.5) is 4.39 Å². The van der Waals surface area contributed by atoms with Crippen molar-refractivity contribution in [1.82, 2.24) is 15.1 Å². The van der Waals surface area contributed by atoms with E-state index in [0.29, 0.717) is 11.6 Å². The van der Waals surface area contributed by atoms with E-state index in [1.54, 1.807) is 6.92 Å². The highest BCUT2D eigenvalue weighted by molar-refractivity contribution is 5.51. The molecule has 8 heteroatoms. The van der Waals surface area contributed by atoms with Gasteiger partial charge in [0.15, 0.2) is 5.82 Å². The van der Waals surface area contributed by atoms with E-state index in [1.165, 1.54) is 17.8 Å². The summed E-state index contributed by atoms with van der Waals surface area (Å²) in [5, 5.41) is 3.70. The zero-order chi connectivity index (χ0) is 24.6. The number of nitrogens with zero attached hydrogens (tertiary/aromatic N) is 3. The van der Waals surface area contributed by atoms with Gasteiger partial charge < -0.3 is 19.7 Å². The standard InChI is InChI=1S/C27H27FN4O3/c1-16-31-26(32-35-16)25-24(28)14-23(15-30-25)34-21-10-6-18(7-11-21)27(2,3)17-4-8-20(9-5-17)33-22-12-19(29)13-22/h4-11,14-15,19,22H,12-13,29H2,1-3H3/t19-,22-. The second-order valence-corrected chi connectivity index (χ2v) is 9.39. The molecule has 2 aromatic carbocycles. The van der Waals surface area contributed by atoms with Crippen LogP contribution < -0.4 is 15.2 Å². The average molecular weight is 475 g/mol. The topological polar surface area (TPSA) is 96.3 Å². The maximum absolute atomic E-state index is 14.5. The van der Waals surface area contributed by atoms with Crippen LogP contribution in [-0.4, -0.2) is 27.3 Å². The number of ether oxygens (including phenoxy) is 2. The Labute approximate surface area is 203 Å². The molecule has 0 amide bonds. The van der Waals surface area contributed by atoms with Crippen molar-refractivity contribution in [2.45, 2.75) is 51.2 Å². The van der Waals surface area contributed by atoms with Gasteiger partial charge in [0.2, 0.25) is 11.7 Å². The van der Waals surface area contributed by atoms with E-state index < -0.39 is 5.82 Å². The van der Waals surface area contributed by atoms with Crippen LogP contribution in [-0.2, 0) is 5.41 Å². The predicted molar refractivity (Wildman–Crippen MR) is 129 cm³/mol. The van der Waals surface area contributed by atoms with E-state index in [0.717, 1.165) is 24.2 Å². The van der Waals surface area contributed by atoms with Crippen LogP contribution in [0, 0.1) is 12.7 Å². The molecule has 7 nitrogen and oxygen atoms in total. The molecule has 2 heterocycles. The summed E-state index contributed by atoms with van der Waals surface area (Å²) in [6.07, 6.45) is 3.47. The highest BCUT2D eigenvalue weighted by Crippen LogP contribution is 2.35. The van der Waals surface area contributed by atoms with Crippen molar-refractivity contribution in [2.24, 2.45) is 5.73 Å². The lowest BCUT2D eigenvalue weighted by atomic mass is 9.78. The molecule has 4 aromatic rings. The summed E-state index contributed by atoms with van der Waals surface area (Å²) < 4.78 is 31.2. The molecule has 0 aliphatic heterocycles. The summed E-state index contributed by atoms with van der Waals surface area (Å²) in [5.41, 5.74) is 7.92. The van der Waals surface area contributed by atoms with Crippen molar-refractivity contribution >= 4 is 0 Å². The average Bonchev–Trinajstić information content (AvgIpc) is 3.25. The summed E-state index contributed by atoms with van der Waals surface area (Å²) in [6, 6.07) is 17.5. The highest BCUT2D eigenvalue weighted by atomic mass is 19.1. The van der Waals surface area contributed by atoms with E-state index in [-0.39, 0.29) is 34.8 Å². The molecule has 0 radical (unpaired) electrons. The number of nitrogens with two attached hydrogens (primary N) is 1. The lowest BCUT2D eigenvalue weighted by Gasteiger charge is -2.33. The smallest absolute Gasteiger partial charge is 0.224 e.